The SMILES string of the molecule is COc1cc(Br)nc(C(F)F)c1S(N)(=O)=O. The Hall–Kier alpha value is -0.800. The zero-order valence-electron chi connectivity index (χ0n) is 7.95. The Bertz CT molecular complexity index is 507. The molecule has 1 rings (SSSR count). The molecule has 0 atom stereocenters. The van der Waals surface area contributed by atoms with Crippen molar-refractivity contribution in [1.29, 1.82) is 0 Å². The maximum atomic E-state index is 12.6. The first-order valence-corrected chi connectivity index (χ1v) is 6.16. The molecule has 0 saturated heterocycles. The van der Waals surface area contributed by atoms with Gasteiger partial charge in [-0.25, -0.2) is 27.3 Å². The summed E-state index contributed by atoms with van der Waals surface area (Å²) in [4.78, 5) is 2.58. The summed E-state index contributed by atoms with van der Waals surface area (Å²) < 4.78 is 52.2. The van der Waals surface area contributed by atoms with Crippen LogP contribution in [0.2, 0.25) is 0 Å². The molecule has 16 heavy (non-hydrogen) atoms. The number of hydrogen-bond donors (Lipinski definition) is 1. The van der Waals surface area contributed by atoms with E-state index in [0.717, 1.165) is 13.2 Å². The number of rotatable bonds is 3. The van der Waals surface area contributed by atoms with Gasteiger partial charge in [0.15, 0.2) is 4.90 Å². The lowest BCUT2D eigenvalue weighted by Crippen LogP contribution is -2.17. The van der Waals surface area contributed by atoms with Gasteiger partial charge in [-0.05, 0) is 15.9 Å². The van der Waals surface area contributed by atoms with Crippen molar-refractivity contribution in [3.8, 4) is 5.75 Å². The first kappa shape index (κ1) is 13.3. The molecule has 0 unspecified atom stereocenters. The van der Waals surface area contributed by atoms with Crippen molar-refractivity contribution < 1.29 is 21.9 Å². The summed E-state index contributed by atoms with van der Waals surface area (Å²) in [6.07, 6.45) is -3.07. The molecule has 0 aliphatic carbocycles. The van der Waals surface area contributed by atoms with E-state index in [-0.39, 0.29) is 10.4 Å². The average molecular weight is 317 g/mol. The number of sulfonamides is 1. The van der Waals surface area contributed by atoms with Crippen LogP contribution in [0.1, 0.15) is 12.1 Å². The standard InChI is InChI=1S/C7H7BrF2N2O3S/c1-15-3-2-4(8)12-5(7(9)10)6(3)16(11,13)14/h2,7H,1H3,(H2,11,13,14). The van der Waals surface area contributed by atoms with E-state index < -0.39 is 27.0 Å². The van der Waals surface area contributed by atoms with E-state index in [1.165, 1.54) is 0 Å². The normalized spacial score (nSPS) is 11.9. The molecule has 0 saturated carbocycles. The largest absolute Gasteiger partial charge is 0.495 e. The Labute approximate surface area is 98.8 Å². The van der Waals surface area contributed by atoms with Crippen molar-refractivity contribution in [2.75, 3.05) is 7.11 Å². The number of ether oxygens (including phenoxy) is 1. The van der Waals surface area contributed by atoms with Crippen molar-refractivity contribution in [1.82, 2.24) is 4.98 Å². The number of aromatic nitrogens is 1. The lowest BCUT2D eigenvalue weighted by molar-refractivity contribution is 0.141. The van der Waals surface area contributed by atoms with Gasteiger partial charge in [-0.2, -0.15) is 0 Å². The summed E-state index contributed by atoms with van der Waals surface area (Å²) in [5.41, 5.74) is -0.936. The second-order valence-electron chi connectivity index (χ2n) is 2.71. The average Bonchev–Trinajstić information content (AvgIpc) is 2.14. The first-order valence-electron chi connectivity index (χ1n) is 3.82. The molecule has 1 aromatic heterocycles. The predicted molar refractivity (Wildman–Crippen MR) is 54.8 cm³/mol. The van der Waals surface area contributed by atoms with Gasteiger partial charge in [0.2, 0.25) is 10.0 Å². The maximum Gasteiger partial charge on any atom is 0.281 e. The Morgan fingerprint density at radius 3 is 2.50 bits per heavy atom. The number of alkyl halides is 2. The van der Waals surface area contributed by atoms with Gasteiger partial charge in [0.25, 0.3) is 6.43 Å². The molecular weight excluding hydrogens is 310 g/mol. The Balaban J connectivity index is 3.65. The third-order valence-electron chi connectivity index (χ3n) is 1.65. The minimum Gasteiger partial charge on any atom is -0.495 e. The first-order chi connectivity index (χ1) is 7.27. The molecule has 0 aromatic carbocycles. The van der Waals surface area contributed by atoms with Crippen molar-refractivity contribution >= 4 is 26.0 Å². The molecule has 1 heterocycles. The summed E-state index contributed by atoms with van der Waals surface area (Å²) in [6.45, 7) is 0. The van der Waals surface area contributed by atoms with E-state index in [0.29, 0.717) is 0 Å². The smallest absolute Gasteiger partial charge is 0.281 e. The number of hydrogen-bond acceptors (Lipinski definition) is 4. The van der Waals surface area contributed by atoms with Crippen LogP contribution in [0.25, 0.3) is 0 Å². The molecule has 0 radical (unpaired) electrons. The molecule has 0 fully saturated rings. The molecule has 2 N–H and O–H groups in total. The van der Waals surface area contributed by atoms with Gasteiger partial charge >= 0.3 is 0 Å². The van der Waals surface area contributed by atoms with E-state index in [1.54, 1.807) is 0 Å². The fourth-order valence-electron chi connectivity index (χ4n) is 1.08. The van der Waals surface area contributed by atoms with Gasteiger partial charge in [0, 0.05) is 6.07 Å². The van der Waals surface area contributed by atoms with E-state index in [1.807, 2.05) is 0 Å². The fraction of sp³-hybridized carbons (Fsp3) is 0.286. The minimum atomic E-state index is -4.33. The van der Waals surface area contributed by atoms with Crippen LogP contribution in [0.15, 0.2) is 15.6 Å². The van der Waals surface area contributed by atoms with E-state index >= 15 is 0 Å². The molecule has 9 heteroatoms. The van der Waals surface area contributed by atoms with Crippen LogP contribution < -0.4 is 9.88 Å². The highest BCUT2D eigenvalue weighted by atomic mass is 79.9. The van der Waals surface area contributed by atoms with Gasteiger partial charge in [0.1, 0.15) is 16.0 Å². The van der Waals surface area contributed by atoms with Crippen LogP contribution in [0, 0.1) is 0 Å². The number of halogens is 3. The third kappa shape index (κ3) is 2.66. The zero-order valence-corrected chi connectivity index (χ0v) is 10.3. The number of nitrogens with two attached hydrogens (primary N) is 1. The molecule has 0 amide bonds. The lowest BCUT2D eigenvalue weighted by Gasteiger charge is -2.11. The Morgan fingerprint density at radius 2 is 2.12 bits per heavy atom. The van der Waals surface area contributed by atoms with Crippen LogP contribution in [-0.2, 0) is 10.0 Å². The van der Waals surface area contributed by atoms with Crippen molar-refractivity contribution in [2.45, 2.75) is 11.3 Å². The van der Waals surface area contributed by atoms with Gasteiger partial charge < -0.3 is 4.74 Å². The van der Waals surface area contributed by atoms with Crippen LogP contribution >= 0.6 is 15.9 Å². The number of nitrogens with zero attached hydrogens (tertiary/aromatic N) is 1. The minimum absolute atomic E-state index is 0.0343. The molecule has 1 aromatic rings. The van der Waals surface area contributed by atoms with Crippen molar-refractivity contribution in [2.24, 2.45) is 5.14 Å². The quantitative estimate of drug-likeness (QED) is 0.855. The highest BCUT2D eigenvalue weighted by Crippen LogP contribution is 2.33. The highest BCUT2D eigenvalue weighted by Gasteiger charge is 2.27. The topological polar surface area (TPSA) is 82.3 Å². The van der Waals surface area contributed by atoms with Gasteiger partial charge in [-0.15, -0.1) is 0 Å². The molecule has 90 valence electrons. The van der Waals surface area contributed by atoms with Crippen molar-refractivity contribution in [3.05, 3.63) is 16.4 Å². The summed E-state index contributed by atoms with van der Waals surface area (Å²) >= 11 is 2.86. The number of methoxy groups -OCH3 is 1. The highest BCUT2D eigenvalue weighted by molar-refractivity contribution is 9.10. The van der Waals surface area contributed by atoms with Crippen molar-refractivity contribution in [3.63, 3.8) is 0 Å². The summed E-state index contributed by atoms with van der Waals surface area (Å²) in [5, 5.41) is 4.83. The molecular formula is C7H7BrF2N2O3S. The zero-order chi connectivity index (χ0) is 12.5. The second kappa shape index (κ2) is 4.60. The molecule has 0 bridgehead atoms. The third-order valence-corrected chi connectivity index (χ3v) is 3.03. The van der Waals surface area contributed by atoms with E-state index in [2.05, 4.69) is 25.7 Å². The van der Waals surface area contributed by atoms with Crippen LogP contribution in [0.5, 0.6) is 5.75 Å². The Kier molecular flexibility index (Phi) is 3.81. The van der Waals surface area contributed by atoms with Gasteiger partial charge in [-0.1, -0.05) is 0 Å². The molecule has 0 aliphatic rings. The van der Waals surface area contributed by atoms with Crippen LogP contribution in [0.4, 0.5) is 8.78 Å². The maximum absolute atomic E-state index is 12.6. The van der Waals surface area contributed by atoms with Crippen LogP contribution in [0.3, 0.4) is 0 Å². The van der Waals surface area contributed by atoms with Gasteiger partial charge in [-0.3, -0.25) is 0 Å². The number of pyridine rings is 1. The fourth-order valence-corrected chi connectivity index (χ4v) is 2.33. The summed E-state index contributed by atoms with van der Waals surface area (Å²) in [5.74, 6) is -0.278. The second-order valence-corrected chi connectivity index (χ2v) is 5.02. The van der Waals surface area contributed by atoms with E-state index in [9.17, 15) is 17.2 Å². The number of primary sulfonamides is 1. The monoisotopic (exact) mass is 316 g/mol. The molecule has 5 nitrogen and oxygen atoms in total. The predicted octanol–water partition coefficient (Wildman–Crippen LogP) is 1.44. The molecule has 0 spiro atoms. The Morgan fingerprint density at radius 1 is 1.56 bits per heavy atom. The summed E-state index contributed by atoms with van der Waals surface area (Å²) in [6, 6.07) is 1.14. The van der Waals surface area contributed by atoms with Gasteiger partial charge in [0.05, 0.1) is 7.11 Å². The van der Waals surface area contributed by atoms with E-state index in [4.69, 9.17) is 5.14 Å². The molecule has 0 aliphatic heterocycles. The summed E-state index contributed by atoms with van der Waals surface area (Å²) in [7, 11) is -3.18. The van der Waals surface area contributed by atoms with Crippen LogP contribution in [-0.4, -0.2) is 20.5 Å². The lowest BCUT2D eigenvalue weighted by atomic mass is 10.3.